The fourth-order valence-electron chi connectivity index (χ4n) is 4.60. The van der Waals surface area contributed by atoms with E-state index in [-0.39, 0.29) is 11.7 Å². The Labute approximate surface area is 205 Å². The first kappa shape index (κ1) is 21.3. The minimum atomic E-state index is -0.0823. The van der Waals surface area contributed by atoms with Crippen LogP contribution in [0, 0.1) is 5.92 Å². The summed E-state index contributed by atoms with van der Waals surface area (Å²) >= 11 is 3.16. The smallest absolute Gasteiger partial charge is 0.234 e. The Hall–Kier alpha value is -3.23. The molecule has 0 unspecified atom stereocenters. The number of nitrogens with zero attached hydrogens (tertiary/aromatic N) is 4. The van der Waals surface area contributed by atoms with Gasteiger partial charge in [0.25, 0.3) is 0 Å². The fourth-order valence-corrected chi connectivity index (χ4v) is 6.64. The summed E-state index contributed by atoms with van der Waals surface area (Å²) in [6.45, 7) is 2.31. The molecule has 1 N–H and O–H groups in total. The minimum Gasteiger partial charge on any atom is -0.325 e. The second-order valence-electron chi connectivity index (χ2n) is 8.70. The second-order valence-corrected chi connectivity index (χ2v) is 10.7. The highest BCUT2D eigenvalue weighted by molar-refractivity contribution is 7.99. The number of aromatic nitrogens is 4. The molecule has 0 saturated carbocycles. The van der Waals surface area contributed by atoms with Crippen molar-refractivity contribution in [3.8, 4) is 11.1 Å². The molecule has 34 heavy (non-hydrogen) atoms. The highest BCUT2D eigenvalue weighted by atomic mass is 32.2. The van der Waals surface area contributed by atoms with Crippen LogP contribution in [0.15, 0.2) is 66.1 Å². The van der Waals surface area contributed by atoms with Gasteiger partial charge < -0.3 is 5.32 Å². The number of hydrogen-bond acceptors (Lipinski definition) is 6. The molecule has 6 nitrogen and oxygen atoms in total. The number of para-hydroxylation sites is 1. The summed E-state index contributed by atoms with van der Waals surface area (Å²) in [6.07, 6.45) is 5.16. The van der Waals surface area contributed by atoms with Gasteiger partial charge in [-0.25, -0.2) is 4.98 Å². The summed E-state index contributed by atoms with van der Waals surface area (Å²) in [7, 11) is 0. The van der Waals surface area contributed by atoms with Crippen molar-refractivity contribution in [2.24, 2.45) is 5.92 Å². The van der Waals surface area contributed by atoms with Gasteiger partial charge in [-0.2, -0.15) is 0 Å². The quantitative estimate of drug-likeness (QED) is 0.316. The molecule has 1 amide bonds. The van der Waals surface area contributed by atoms with Crippen molar-refractivity contribution in [2.45, 2.75) is 31.3 Å². The molecule has 1 aliphatic rings. The van der Waals surface area contributed by atoms with E-state index in [1.807, 2.05) is 59.0 Å². The maximum absolute atomic E-state index is 12.8. The first-order valence-corrected chi connectivity index (χ1v) is 13.2. The van der Waals surface area contributed by atoms with Gasteiger partial charge in [0.05, 0.1) is 11.1 Å². The van der Waals surface area contributed by atoms with E-state index in [2.05, 4.69) is 22.4 Å². The number of rotatable bonds is 5. The molecule has 3 heterocycles. The number of nitrogens with one attached hydrogen (secondary N) is 1. The summed E-state index contributed by atoms with van der Waals surface area (Å²) in [5, 5.41) is 13.8. The van der Waals surface area contributed by atoms with Crippen LogP contribution in [0.5, 0.6) is 0 Å². The summed E-state index contributed by atoms with van der Waals surface area (Å²) in [5.74, 6) is 0.869. The van der Waals surface area contributed by atoms with Gasteiger partial charge in [0.15, 0.2) is 10.8 Å². The van der Waals surface area contributed by atoms with Crippen LogP contribution in [0.2, 0.25) is 0 Å². The van der Waals surface area contributed by atoms with Gasteiger partial charge in [0.2, 0.25) is 5.91 Å². The van der Waals surface area contributed by atoms with Gasteiger partial charge >= 0.3 is 0 Å². The molecule has 0 spiro atoms. The maximum Gasteiger partial charge on any atom is 0.234 e. The number of carbonyl (C=O) groups is 1. The molecule has 6 rings (SSSR count). The molecule has 0 bridgehead atoms. The number of benzene rings is 2. The predicted molar refractivity (Wildman–Crippen MR) is 139 cm³/mol. The van der Waals surface area contributed by atoms with Crippen LogP contribution in [-0.2, 0) is 17.6 Å². The lowest BCUT2D eigenvalue weighted by atomic mass is 9.89. The molecule has 8 heteroatoms. The average molecular weight is 486 g/mol. The van der Waals surface area contributed by atoms with E-state index in [9.17, 15) is 4.79 Å². The average Bonchev–Trinajstić information content (AvgIpc) is 3.44. The number of thiophene rings is 1. The van der Waals surface area contributed by atoms with Crippen LogP contribution < -0.4 is 5.32 Å². The van der Waals surface area contributed by atoms with Crippen LogP contribution >= 0.6 is 23.1 Å². The molecular formula is C26H23N5OS2. The number of carbonyl (C=O) groups excluding carboxylic acids is 1. The molecule has 1 aliphatic carbocycles. The zero-order chi connectivity index (χ0) is 23.1. The van der Waals surface area contributed by atoms with Crippen molar-refractivity contribution in [1.82, 2.24) is 19.6 Å². The number of thioether (sulfide) groups is 1. The number of anilines is 1. The standard InChI is InChI=1S/C26H23N5OS2/c1-16-11-12-19-21(13-16)34-25-23(19)24-29-30-26(31(24)15-27-25)33-14-22(32)28-20-10-6-5-9-18(20)17-7-3-2-4-8-17/h2-10,15-16H,11-14H2,1H3,(H,28,32)/t16-/m0/s1. The molecule has 0 saturated heterocycles. The lowest BCUT2D eigenvalue weighted by molar-refractivity contribution is -0.113. The molecule has 0 fully saturated rings. The van der Waals surface area contributed by atoms with Crippen molar-refractivity contribution in [3.63, 3.8) is 0 Å². The Morgan fingerprint density at radius 3 is 2.85 bits per heavy atom. The van der Waals surface area contributed by atoms with Crippen LogP contribution in [0.3, 0.4) is 0 Å². The van der Waals surface area contributed by atoms with Gasteiger partial charge in [-0.1, -0.05) is 67.2 Å². The third-order valence-electron chi connectivity index (χ3n) is 6.29. The molecule has 2 aromatic carbocycles. The normalized spacial score (nSPS) is 15.5. The minimum absolute atomic E-state index is 0.0823. The van der Waals surface area contributed by atoms with E-state index in [1.54, 1.807) is 17.7 Å². The SMILES string of the molecule is C[C@H]1CCc2c(sc3ncn4c(SCC(=O)Nc5ccccc5-c5ccccc5)nnc4c23)C1. The van der Waals surface area contributed by atoms with Crippen LogP contribution in [-0.4, -0.2) is 31.2 Å². The van der Waals surface area contributed by atoms with E-state index >= 15 is 0 Å². The molecule has 170 valence electrons. The van der Waals surface area contributed by atoms with Crippen LogP contribution in [0.25, 0.3) is 27.0 Å². The molecule has 5 aromatic rings. The summed E-state index contributed by atoms with van der Waals surface area (Å²) in [4.78, 5) is 20.0. The third-order valence-corrected chi connectivity index (χ3v) is 8.40. The van der Waals surface area contributed by atoms with Gasteiger partial charge in [0, 0.05) is 16.1 Å². The number of amides is 1. The second kappa shape index (κ2) is 8.85. The first-order valence-electron chi connectivity index (χ1n) is 11.4. The Morgan fingerprint density at radius 1 is 1.15 bits per heavy atom. The third kappa shape index (κ3) is 3.86. The summed E-state index contributed by atoms with van der Waals surface area (Å²) < 4.78 is 1.92. The Bertz CT molecular complexity index is 1510. The van der Waals surface area contributed by atoms with Gasteiger partial charge in [-0.05, 0) is 42.4 Å². The lowest BCUT2D eigenvalue weighted by Crippen LogP contribution is -2.15. The Morgan fingerprint density at radius 2 is 1.97 bits per heavy atom. The molecular weight excluding hydrogens is 462 g/mol. The maximum atomic E-state index is 12.8. The van der Waals surface area contributed by atoms with Gasteiger partial charge in [-0.3, -0.25) is 9.20 Å². The lowest BCUT2D eigenvalue weighted by Gasteiger charge is -2.17. The molecule has 1 atom stereocenters. The zero-order valence-corrected chi connectivity index (χ0v) is 20.3. The fraction of sp³-hybridized carbons (Fsp3) is 0.231. The number of fused-ring (bicyclic) bond motifs is 5. The van der Waals surface area contributed by atoms with E-state index in [4.69, 9.17) is 4.98 Å². The zero-order valence-electron chi connectivity index (χ0n) is 18.7. The highest BCUT2D eigenvalue weighted by Crippen LogP contribution is 2.39. The Kier molecular flexibility index (Phi) is 5.55. The highest BCUT2D eigenvalue weighted by Gasteiger charge is 2.24. The molecule has 3 aromatic heterocycles. The van der Waals surface area contributed by atoms with Crippen molar-refractivity contribution in [3.05, 3.63) is 71.4 Å². The van der Waals surface area contributed by atoms with E-state index in [0.717, 1.165) is 45.5 Å². The largest absolute Gasteiger partial charge is 0.325 e. The summed E-state index contributed by atoms with van der Waals surface area (Å²) in [5.41, 5.74) is 5.09. The number of aryl methyl sites for hydroxylation is 1. The number of hydrogen-bond donors (Lipinski definition) is 1. The summed E-state index contributed by atoms with van der Waals surface area (Å²) in [6, 6.07) is 17.9. The van der Waals surface area contributed by atoms with Crippen LogP contribution in [0.1, 0.15) is 23.8 Å². The van der Waals surface area contributed by atoms with E-state index < -0.39 is 0 Å². The molecule has 0 radical (unpaired) electrons. The van der Waals surface area contributed by atoms with Crippen molar-refractivity contribution >= 4 is 50.6 Å². The van der Waals surface area contributed by atoms with Crippen molar-refractivity contribution in [2.75, 3.05) is 11.1 Å². The van der Waals surface area contributed by atoms with E-state index in [1.165, 1.54) is 28.6 Å². The molecule has 0 aliphatic heterocycles. The van der Waals surface area contributed by atoms with Crippen molar-refractivity contribution in [1.29, 1.82) is 0 Å². The van der Waals surface area contributed by atoms with Gasteiger partial charge in [-0.15, -0.1) is 21.5 Å². The Balaban J connectivity index is 1.22. The van der Waals surface area contributed by atoms with E-state index in [0.29, 0.717) is 11.1 Å². The predicted octanol–water partition coefficient (Wildman–Crippen LogP) is 5.86. The topological polar surface area (TPSA) is 72.2 Å². The van der Waals surface area contributed by atoms with Gasteiger partial charge in [0.1, 0.15) is 11.2 Å². The van der Waals surface area contributed by atoms with Crippen molar-refractivity contribution < 1.29 is 4.79 Å². The first-order chi connectivity index (χ1) is 16.7. The van der Waals surface area contributed by atoms with Crippen LogP contribution in [0.4, 0.5) is 5.69 Å². The monoisotopic (exact) mass is 485 g/mol.